The van der Waals surface area contributed by atoms with Gasteiger partial charge in [-0.15, -0.1) is 0 Å². The number of carbonyl (C=O) groups is 1. The zero-order valence-electron chi connectivity index (χ0n) is 16.7. The summed E-state index contributed by atoms with van der Waals surface area (Å²) in [5.41, 5.74) is 1.29. The molecule has 1 aliphatic rings. The maximum absolute atomic E-state index is 12.5. The molecule has 2 aromatic rings. The largest absolute Gasteiger partial charge is 0.353 e. The van der Waals surface area contributed by atoms with Crippen LogP contribution in [0.25, 0.3) is 0 Å². The van der Waals surface area contributed by atoms with Crippen LogP contribution < -0.4 is 5.32 Å². The molecule has 0 aliphatic carbocycles. The lowest BCUT2D eigenvalue weighted by Crippen LogP contribution is -2.43. The number of carbonyl (C=O) groups excluding carboxylic acids is 1. The van der Waals surface area contributed by atoms with Crippen molar-refractivity contribution in [2.45, 2.75) is 48.4 Å². The van der Waals surface area contributed by atoms with Crippen molar-refractivity contribution in [2.75, 3.05) is 20.1 Å². The van der Waals surface area contributed by atoms with Crippen LogP contribution in [0.4, 0.5) is 0 Å². The molecule has 0 radical (unpaired) electrons. The minimum Gasteiger partial charge on any atom is -0.353 e. The minimum absolute atomic E-state index is 0.185. The fraction of sp³-hybridized carbons (Fsp3) is 0.435. The number of nitrogens with zero attached hydrogens (tertiary/aromatic N) is 1. The zero-order valence-corrected chi connectivity index (χ0v) is 18.2. The van der Waals surface area contributed by atoms with Crippen molar-refractivity contribution >= 4 is 29.3 Å². The molecule has 2 aromatic carbocycles. The Bertz CT molecular complexity index is 772. The first-order chi connectivity index (χ1) is 13.5. The number of rotatable bonds is 7. The van der Waals surface area contributed by atoms with Gasteiger partial charge in [0.2, 0.25) is 5.91 Å². The van der Waals surface area contributed by atoms with Gasteiger partial charge >= 0.3 is 0 Å². The van der Waals surface area contributed by atoms with E-state index in [4.69, 9.17) is 11.6 Å². The van der Waals surface area contributed by atoms with E-state index in [1.807, 2.05) is 24.3 Å². The second-order valence-electron chi connectivity index (χ2n) is 7.82. The Kier molecular flexibility index (Phi) is 7.83. The molecule has 5 heteroatoms. The summed E-state index contributed by atoms with van der Waals surface area (Å²) >= 11 is 7.74. The van der Waals surface area contributed by atoms with Crippen molar-refractivity contribution in [1.82, 2.24) is 10.2 Å². The highest BCUT2D eigenvalue weighted by Crippen LogP contribution is 2.32. The summed E-state index contributed by atoms with van der Waals surface area (Å²) in [4.78, 5) is 17.2. The van der Waals surface area contributed by atoms with Gasteiger partial charge in [0.05, 0.1) is 0 Å². The van der Waals surface area contributed by atoms with Gasteiger partial charge in [-0.3, -0.25) is 4.79 Å². The molecule has 28 heavy (non-hydrogen) atoms. The molecular formula is C23H29ClN2OS. The molecule has 0 saturated carbocycles. The summed E-state index contributed by atoms with van der Waals surface area (Å²) in [6.45, 7) is 4.30. The van der Waals surface area contributed by atoms with Gasteiger partial charge in [0.1, 0.15) is 0 Å². The number of amides is 1. The van der Waals surface area contributed by atoms with E-state index >= 15 is 0 Å². The van der Waals surface area contributed by atoms with Crippen LogP contribution in [0.2, 0.25) is 5.02 Å². The molecule has 1 unspecified atom stereocenters. The van der Waals surface area contributed by atoms with Gasteiger partial charge in [-0.05, 0) is 81.2 Å². The molecule has 150 valence electrons. The Labute approximate surface area is 177 Å². The third-order valence-electron chi connectivity index (χ3n) is 5.20. The first-order valence-corrected chi connectivity index (χ1v) is 11.2. The van der Waals surface area contributed by atoms with E-state index in [0.29, 0.717) is 18.4 Å². The summed E-state index contributed by atoms with van der Waals surface area (Å²) in [5, 5.41) is 3.98. The van der Waals surface area contributed by atoms with Crippen molar-refractivity contribution in [1.29, 1.82) is 0 Å². The van der Waals surface area contributed by atoms with Gasteiger partial charge in [0, 0.05) is 27.3 Å². The standard InChI is InChI=1S/C23H29ClN2OS/c1-17(16-23(27)25-20-11-13-26(2)14-12-20)15-18-5-3-4-6-22(18)28-21-9-7-19(24)8-10-21/h3-10,17,20H,11-16H2,1-2H3,(H,25,27). The number of likely N-dealkylation sites (tertiary alicyclic amines) is 1. The lowest BCUT2D eigenvalue weighted by Gasteiger charge is -2.29. The van der Waals surface area contributed by atoms with Crippen molar-refractivity contribution < 1.29 is 4.79 Å². The van der Waals surface area contributed by atoms with Gasteiger partial charge in [-0.25, -0.2) is 0 Å². The van der Waals surface area contributed by atoms with Gasteiger partial charge in [0.15, 0.2) is 0 Å². The summed E-state index contributed by atoms with van der Waals surface area (Å²) in [6, 6.07) is 16.7. The normalized spacial score (nSPS) is 16.7. The Hall–Kier alpha value is -1.49. The van der Waals surface area contributed by atoms with Crippen LogP contribution in [0.1, 0.15) is 31.7 Å². The van der Waals surface area contributed by atoms with Gasteiger partial charge in [0.25, 0.3) is 0 Å². The second kappa shape index (κ2) is 10.3. The molecule has 0 bridgehead atoms. The maximum atomic E-state index is 12.5. The minimum atomic E-state index is 0.185. The SMILES string of the molecule is CC(CC(=O)NC1CCN(C)CC1)Cc1ccccc1Sc1ccc(Cl)cc1. The Morgan fingerprint density at radius 2 is 1.86 bits per heavy atom. The number of nitrogens with one attached hydrogen (secondary N) is 1. The van der Waals surface area contributed by atoms with E-state index in [2.05, 4.69) is 48.5 Å². The highest BCUT2D eigenvalue weighted by molar-refractivity contribution is 7.99. The van der Waals surface area contributed by atoms with E-state index in [-0.39, 0.29) is 5.91 Å². The first-order valence-electron chi connectivity index (χ1n) is 9.99. The highest BCUT2D eigenvalue weighted by Gasteiger charge is 2.20. The third kappa shape index (κ3) is 6.54. The smallest absolute Gasteiger partial charge is 0.220 e. The van der Waals surface area contributed by atoms with E-state index in [1.54, 1.807) is 11.8 Å². The summed E-state index contributed by atoms with van der Waals surface area (Å²) in [6.07, 6.45) is 3.58. The van der Waals surface area contributed by atoms with E-state index in [9.17, 15) is 4.79 Å². The Morgan fingerprint density at radius 3 is 2.57 bits per heavy atom. The molecule has 1 heterocycles. The molecule has 1 N–H and O–H groups in total. The van der Waals surface area contributed by atoms with Crippen LogP contribution in [0.5, 0.6) is 0 Å². The quantitative estimate of drug-likeness (QED) is 0.667. The third-order valence-corrected chi connectivity index (χ3v) is 6.58. The number of hydrogen-bond donors (Lipinski definition) is 1. The van der Waals surface area contributed by atoms with Gasteiger partial charge in [-0.2, -0.15) is 0 Å². The summed E-state index contributed by atoms with van der Waals surface area (Å²) < 4.78 is 0. The molecule has 1 atom stereocenters. The molecule has 3 nitrogen and oxygen atoms in total. The second-order valence-corrected chi connectivity index (χ2v) is 9.37. The van der Waals surface area contributed by atoms with Gasteiger partial charge in [-0.1, -0.05) is 48.5 Å². The molecule has 1 saturated heterocycles. The number of piperidine rings is 1. The van der Waals surface area contributed by atoms with E-state index in [0.717, 1.165) is 37.4 Å². The van der Waals surface area contributed by atoms with Crippen molar-refractivity contribution in [3.8, 4) is 0 Å². The lowest BCUT2D eigenvalue weighted by atomic mass is 9.97. The first kappa shape index (κ1) is 21.2. The number of halogens is 1. The molecule has 0 aromatic heterocycles. The molecule has 1 fully saturated rings. The van der Waals surface area contributed by atoms with Crippen LogP contribution >= 0.6 is 23.4 Å². The van der Waals surface area contributed by atoms with Crippen LogP contribution in [-0.2, 0) is 11.2 Å². The van der Waals surface area contributed by atoms with Crippen molar-refractivity contribution in [3.05, 3.63) is 59.1 Å². The Morgan fingerprint density at radius 1 is 1.18 bits per heavy atom. The topological polar surface area (TPSA) is 32.3 Å². The van der Waals surface area contributed by atoms with E-state index in [1.165, 1.54) is 15.4 Å². The van der Waals surface area contributed by atoms with Gasteiger partial charge < -0.3 is 10.2 Å². The lowest BCUT2D eigenvalue weighted by molar-refractivity contribution is -0.122. The van der Waals surface area contributed by atoms with E-state index < -0.39 is 0 Å². The number of benzene rings is 2. The predicted molar refractivity (Wildman–Crippen MR) is 118 cm³/mol. The Balaban J connectivity index is 1.54. The monoisotopic (exact) mass is 416 g/mol. The van der Waals surface area contributed by atoms with Crippen LogP contribution in [0.3, 0.4) is 0 Å². The van der Waals surface area contributed by atoms with Crippen molar-refractivity contribution in [2.24, 2.45) is 5.92 Å². The maximum Gasteiger partial charge on any atom is 0.220 e. The van der Waals surface area contributed by atoms with Crippen LogP contribution in [-0.4, -0.2) is 37.0 Å². The average molecular weight is 417 g/mol. The zero-order chi connectivity index (χ0) is 19.9. The fourth-order valence-electron chi connectivity index (χ4n) is 3.61. The number of hydrogen-bond acceptors (Lipinski definition) is 3. The molecule has 0 spiro atoms. The predicted octanol–water partition coefficient (Wildman–Crippen LogP) is 5.27. The fourth-order valence-corrected chi connectivity index (χ4v) is 4.69. The van der Waals surface area contributed by atoms with Crippen LogP contribution in [0, 0.1) is 5.92 Å². The highest BCUT2D eigenvalue weighted by atomic mass is 35.5. The van der Waals surface area contributed by atoms with Crippen LogP contribution in [0.15, 0.2) is 58.3 Å². The summed E-state index contributed by atoms with van der Waals surface area (Å²) in [5.74, 6) is 0.489. The molecular weight excluding hydrogens is 388 g/mol. The molecule has 3 rings (SSSR count). The summed E-state index contributed by atoms with van der Waals surface area (Å²) in [7, 11) is 2.14. The average Bonchev–Trinajstić information content (AvgIpc) is 2.67. The molecule has 1 aliphatic heterocycles. The molecule has 1 amide bonds. The van der Waals surface area contributed by atoms with Crippen molar-refractivity contribution in [3.63, 3.8) is 0 Å².